The Kier molecular flexibility index (Phi) is 5.38. The van der Waals surface area contributed by atoms with E-state index in [-0.39, 0.29) is 11.5 Å². The van der Waals surface area contributed by atoms with Crippen LogP contribution < -0.4 is 5.56 Å². The Morgan fingerprint density at radius 1 is 1.12 bits per heavy atom. The smallest absolute Gasteiger partial charge is 0.267 e. The summed E-state index contributed by atoms with van der Waals surface area (Å²) in [7, 11) is 0. The fourth-order valence-corrected chi connectivity index (χ4v) is 4.52. The summed E-state index contributed by atoms with van der Waals surface area (Å²) in [4.78, 5) is 27.0. The van der Waals surface area contributed by atoms with Crippen molar-refractivity contribution in [3.8, 4) is 0 Å². The molecular formula is C20H29N3O3. The van der Waals surface area contributed by atoms with Crippen molar-refractivity contribution in [1.82, 2.24) is 14.7 Å². The molecule has 0 unspecified atom stereocenters. The summed E-state index contributed by atoms with van der Waals surface area (Å²) in [5.74, 6) is 0.877. The van der Waals surface area contributed by atoms with E-state index in [1.165, 1.54) is 6.42 Å². The van der Waals surface area contributed by atoms with Crippen LogP contribution in [0.25, 0.3) is 0 Å². The molecule has 0 aromatic carbocycles. The van der Waals surface area contributed by atoms with E-state index < -0.39 is 0 Å². The van der Waals surface area contributed by atoms with E-state index in [2.05, 4.69) is 5.10 Å². The average Bonchev–Trinajstić information content (AvgIpc) is 2.69. The number of aryl methyl sites for hydroxylation is 2. The predicted octanol–water partition coefficient (Wildman–Crippen LogP) is 1.79. The van der Waals surface area contributed by atoms with E-state index in [0.29, 0.717) is 31.6 Å². The first-order valence-corrected chi connectivity index (χ1v) is 10.2. The number of likely N-dealkylation sites (tertiary alicyclic amines) is 1. The highest BCUT2D eigenvalue weighted by atomic mass is 16.5. The zero-order chi connectivity index (χ0) is 17.9. The minimum Gasteiger partial charge on any atom is -0.381 e. The van der Waals surface area contributed by atoms with Gasteiger partial charge in [0.1, 0.15) is 0 Å². The maximum absolute atomic E-state index is 12.6. The number of hydrogen-bond acceptors (Lipinski definition) is 4. The Morgan fingerprint density at radius 2 is 1.85 bits per heavy atom. The highest BCUT2D eigenvalue weighted by Gasteiger charge is 2.29. The summed E-state index contributed by atoms with van der Waals surface area (Å²) in [5.41, 5.74) is 2.30. The number of aromatic nitrogens is 2. The molecule has 2 saturated heterocycles. The number of amides is 1. The largest absolute Gasteiger partial charge is 0.381 e. The van der Waals surface area contributed by atoms with Gasteiger partial charge in [-0.05, 0) is 62.8 Å². The van der Waals surface area contributed by atoms with Crippen molar-refractivity contribution >= 4 is 5.91 Å². The maximum atomic E-state index is 12.6. The molecular weight excluding hydrogens is 330 g/mol. The molecule has 1 aromatic rings. The van der Waals surface area contributed by atoms with Crippen molar-refractivity contribution in [2.75, 3.05) is 26.3 Å². The standard InChI is InChI=1S/C20H29N3O3/c24-19-13-17-3-1-2-4-18(17)21-23(19)14-15-5-9-22(10-6-15)20(25)16-7-11-26-12-8-16/h13,15-16H,1-12,14H2. The van der Waals surface area contributed by atoms with Crippen LogP contribution >= 0.6 is 0 Å². The molecule has 1 amide bonds. The van der Waals surface area contributed by atoms with Gasteiger partial charge in [0, 0.05) is 44.8 Å². The summed E-state index contributed by atoms with van der Waals surface area (Å²) in [6.45, 7) is 3.71. The Morgan fingerprint density at radius 3 is 2.62 bits per heavy atom. The molecule has 26 heavy (non-hydrogen) atoms. The number of hydrogen-bond donors (Lipinski definition) is 0. The lowest BCUT2D eigenvalue weighted by Gasteiger charge is -2.35. The minimum atomic E-state index is 0.0337. The monoisotopic (exact) mass is 359 g/mol. The Balaban J connectivity index is 1.34. The van der Waals surface area contributed by atoms with Gasteiger partial charge >= 0.3 is 0 Å². The van der Waals surface area contributed by atoms with Gasteiger partial charge in [0.15, 0.2) is 0 Å². The van der Waals surface area contributed by atoms with Crippen LogP contribution in [0.2, 0.25) is 0 Å². The molecule has 142 valence electrons. The number of carbonyl (C=O) groups is 1. The van der Waals surface area contributed by atoms with Crippen LogP contribution in [0.4, 0.5) is 0 Å². The van der Waals surface area contributed by atoms with E-state index in [1.807, 2.05) is 4.90 Å². The van der Waals surface area contributed by atoms with Gasteiger partial charge in [-0.2, -0.15) is 5.10 Å². The molecule has 2 fully saturated rings. The van der Waals surface area contributed by atoms with E-state index in [0.717, 1.165) is 69.3 Å². The van der Waals surface area contributed by atoms with Gasteiger partial charge < -0.3 is 9.64 Å². The predicted molar refractivity (Wildman–Crippen MR) is 98.0 cm³/mol. The number of piperidine rings is 1. The number of nitrogens with zero attached hydrogens (tertiary/aromatic N) is 3. The first-order chi connectivity index (χ1) is 12.7. The number of carbonyl (C=O) groups excluding carboxylic acids is 1. The van der Waals surface area contributed by atoms with Gasteiger partial charge in [0.2, 0.25) is 5.91 Å². The van der Waals surface area contributed by atoms with E-state index in [4.69, 9.17) is 4.74 Å². The van der Waals surface area contributed by atoms with Crippen LogP contribution in [0.1, 0.15) is 49.8 Å². The molecule has 6 heteroatoms. The third-order valence-electron chi connectivity index (χ3n) is 6.20. The molecule has 0 atom stereocenters. The van der Waals surface area contributed by atoms with Gasteiger partial charge in [-0.3, -0.25) is 9.59 Å². The van der Waals surface area contributed by atoms with Crippen LogP contribution in [-0.2, 0) is 28.9 Å². The second kappa shape index (κ2) is 7.91. The maximum Gasteiger partial charge on any atom is 0.267 e. The lowest BCUT2D eigenvalue weighted by atomic mass is 9.93. The quantitative estimate of drug-likeness (QED) is 0.825. The molecule has 0 saturated carbocycles. The highest BCUT2D eigenvalue weighted by Crippen LogP contribution is 2.24. The summed E-state index contributed by atoms with van der Waals surface area (Å²) in [6, 6.07) is 1.80. The number of ether oxygens (including phenoxy) is 1. The first-order valence-electron chi connectivity index (χ1n) is 10.2. The fraction of sp³-hybridized carbons (Fsp3) is 0.750. The molecule has 0 bridgehead atoms. The van der Waals surface area contributed by atoms with Gasteiger partial charge in [0.25, 0.3) is 5.56 Å². The molecule has 6 nitrogen and oxygen atoms in total. The first kappa shape index (κ1) is 17.7. The van der Waals surface area contributed by atoms with Crippen molar-refractivity contribution in [2.24, 2.45) is 11.8 Å². The summed E-state index contributed by atoms with van der Waals surface area (Å²) < 4.78 is 7.03. The van der Waals surface area contributed by atoms with Crippen LogP contribution in [0, 0.1) is 11.8 Å². The van der Waals surface area contributed by atoms with Crippen LogP contribution in [0.5, 0.6) is 0 Å². The van der Waals surface area contributed by atoms with Crippen LogP contribution in [0.15, 0.2) is 10.9 Å². The number of rotatable bonds is 3. The number of fused-ring (bicyclic) bond motifs is 1. The van der Waals surface area contributed by atoms with E-state index in [9.17, 15) is 9.59 Å². The van der Waals surface area contributed by atoms with Crippen LogP contribution in [-0.4, -0.2) is 46.9 Å². The molecule has 3 aliphatic rings. The summed E-state index contributed by atoms with van der Waals surface area (Å²) in [6.07, 6.45) is 7.95. The van der Waals surface area contributed by atoms with E-state index >= 15 is 0 Å². The highest BCUT2D eigenvalue weighted by molar-refractivity contribution is 5.79. The normalized spacial score (nSPS) is 22.2. The second-order valence-corrected chi connectivity index (χ2v) is 8.00. The molecule has 4 rings (SSSR count). The minimum absolute atomic E-state index is 0.0337. The molecule has 2 aliphatic heterocycles. The van der Waals surface area contributed by atoms with Gasteiger partial charge in [-0.1, -0.05) is 0 Å². The van der Waals surface area contributed by atoms with Gasteiger partial charge in [0.05, 0.1) is 5.69 Å². The van der Waals surface area contributed by atoms with Crippen molar-refractivity contribution in [1.29, 1.82) is 0 Å². The summed E-state index contributed by atoms with van der Waals surface area (Å²) >= 11 is 0. The average molecular weight is 359 g/mol. The fourth-order valence-electron chi connectivity index (χ4n) is 4.52. The third-order valence-corrected chi connectivity index (χ3v) is 6.20. The molecule has 0 spiro atoms. The topological polar surface area (TPSA) is 64.4 Å². The van der Waals surface area contributed by atoms with Gasteiger partial charge in [-0.15, -0.1) is 0 Å². The Labute approximate surface area is 154 Å². The van der Waals surface area contributed by atoms with Gasteiger partial charge in [-0.25, -0.2) is 4.68 Å². The van der Waals surface area contributed by atoms with Crippen LogP contribution in [0.3, 0.4) is 0 Å². The van der Waals surface area contributed by atoms with Crippen molar-refractivity contribution in [3.05, 3.63) is 27.7 Å². The second-order valence-electron chi connectivity index (χ2n) is 8.00. The SMILES string of the molecule is O=C(C1CCOCC1)N1CCC(Cn2nc3c(cc2=O)CCCC3)CC1. The lowest BCUT2D eigenvalue weighted by Crippen LogP contribution is -2.44. The molecule has 0 radical (unpaired) electrons. The summed E-state index contributed by atoms with van der Waals surface area (Å²) in [5, 5.41) is 4.64. The van der Waals surface area contributed by atoms with Crippen molar-refractivity contribution < 1.29 is 9.53 Å². The molecule has 1 aliphatic carbocycles. The zero-order valence-electron chi connectivity index (χ0n) is 15.5. The lowest BCUT2D eigenvalue weighted by molar-refractivity contribution is -0.140. The zero-order valence-corrected chi connectivity index (χ0v) is 15.5. The molecule has 0 N–H and O–H groups in total. The Bertz CT molecular complexity index is 701. The van der Waals surface area contributed by atoms with Crippen molar-refractivity contribution in [3.63, 3.8) is 0 Å². The Hall–Kier alpha value is -1.69. The third kappa shape index (κ3) is 3.85. The van der Waals surface area contributed by atoms with E-state index in [1.54, 1.807) is 10.7 Å². The van der Waals surface area contributed by atoms with Crippen molar-refractivity contribution in [2.45, 2.75) is 57.9 Å². The molecule has 3 heterocycles. The molecule has 1 aromatic heterocycles.